The summed E-state index contributed by atoms with van der Waals surface area (Å²) in [4.78, 5) is 21.5. The minimum Gasteiger partial charge on any atom is -0.550 e. The fourth-order valence-electron chi connectivity index (χ4n) is 1.99. The third kappa shape index (κ3) is 14.9. The van der Waals surface area contributed by atoms with E-state index in [4.69, 9.17) is 0 Å². The van der Waals surface area contributed by atoms with Crippen molar-refractivity contribution in [3.8, 4) is 0 Å². The highest BCUT2D eigenvalue weighted by molar-refractivity contribution is 5.76. The highest BCUT2D eigenvalue weighted by Crippen LogP contribution is 2.10. The Labute approximate surface area is 117 Å². The molecule has 112 valence electrons. The number of amides is 1. The van der Waals surface area contributed by atoms with Gasteiger partial charge in [-0.3, -0.25) is 4.79 Å². The average molecular weight is 270 g/mol. The molecule has 1 amide bonds. The van der Waals surface area contributed by atoms with Crippen LogP contribution in [-0.2, 0) is 9.59 Å². The summed E-state index contributed by atoms with van der Waals surface area (Å²) < 4.78 is 0. The van der Waals surface area contributed by atoms with Gasteiger partial charge in [-0.05, 0) is 6.42 Å². The molecule has 0 aromatic carbocycles. The molecule has 0 saturated heterocycles. The lowest BCUT2D eigenvalue weighted by molar-refractivity contribution is -0.305. The number of carbonyl (C=O) groups is 2. The molecular formula is C15H28NO3-. The van der Waals surface area contributed by atoms with Crippen molar-refractivity contribution in [2.24, 2.45) is 0 Å². The predicted octanol–water partition coefficient (Wildman–Crippen LogP) is 2.16. The molecule has 0 atom stereocenters. The van der Waals surface area contributed by atoms with E-state index in [1.165, 1.54) is 44.9 Å². The van der Waals surface area contributed by atoms with E-state index in [1.54, 1.807) is 0 Å². The summed E-state index contributed by atoms with van der Waals surface area (Å²) in [6.07, 6.45) is 11.4. The van der Waals surface area contributed by atoms with Gasteiger partial charge >= 0.3 is 0 Å². The zero-order chi connectivity index (χ0) is 14.3. The molecular weight excluding hydrogens is 242 g/mol. The number of hydrogen-bond acceptors (Lipinski definition) is 3. The van der Waals surface area contributed by atoms with E-state index >= 15 is 0 Å². The minimum atomic E-state index is -1.12. The summed E-state index contributed by atoms with van der Waals surface area (Å²) >= 11 is 0. The fraction of sp³-hybridized carbons (Fsp3) is 0.867. The van der Waals surface area contributed by atoms with E-state index < -0.39 is 5.97 Å². The predicted molar refractivity (Wildman–Crippen MR) is 74.5 cm³/mol. The Balaban J connectivity index is 3.16. The molecule has 0 aliphatic rings. The molecule has 0 spiro atoms. The Bertz CT molecular complexity index is 242. The van der Waals surface area contributed by atoms with Gasteiger partial charge in [0.25, 0.3) is 0 Å². The van der Waals surface area contributed by atoms with Crippen LogP contribution in [0.2, 0.25) is 0 Å². The van der Waals surface area contributed by atoms with Crippen molar-refractivity contribution in [2.75, 3.05) is 6.54 Å². The summed E-state index contributed by atoms with van der Waals surface area (Å²) in [5.74, 6) is -1.17. The van der Waals surface area contributed by atoms with Crippen LogP contribution in [-0.4, -0.2) is 18.4 Å². The molecule has 0 saturated carbocycles. The number of nitrogens with one attached hydrogen (secondary N) is 1. The topological polar surface area (TPSA) is 69.2 Å². The maximum atomic E-state index is 11.3. The van der Waals surface area contributed by atoms with Crippen LogP contribution < -0.4 is 10.4 Å². The molecule has 0 heterocycles. The number of carbonyl (C=O) groups excluding carboxylic acids is 2. The smallest absolute Gasteiger partial charge is 0.220 e. The van der Waals surface area contributed by atoms with Gasteiger partial charge in [0.05, 0.1) is 0 Å². The maximum absolute atomic E-state index is 11.3. The quantitative estimate of drug-likeness (QED) is 0.521. The summed E-state index contributed by atoms with van der Waals surface area (Å²) in [7, 11) is 0. The summed E-state index contributed by atoms with van der Waals surface area (Å²) in [5, 5.41) is 12.7. The summed E-state index contributed by atoms with van der Waals surface area (Å²) in [5.41, 5.74) is 0. The van der Waals surface area contributed by atoms with Crippen LogP contribution in [0.4, 0.5) is 0 Å². The van der Waals surface area contributed by atoms with E-state index in [-0.39, 0.29) is 18.9 Å². The molecule has 0 radical (unpaired) electrons. The first kappa shape index (κ1) is 17.9. The highest BCUT2D eigenvalue weighted by atomic mass is 16.4. The van der Waals surface area contributed by atoms with Crippen LogP contribution in [0.25, 0.3) is 0 Å². The summed E-state index contributed by atoms with van der Waals surface area (Å²) in [6.45, 7) is 2.40. The Morgan fingerprint density at radius 3 is 1.89 bits per heavy atom. The van der Waals surface area contributed by atoms with Crippen LogP contribution >= 0.6 is 0 Å². The minimum absolute atomic E-state index is 0.0517. The molecule has 0 bridgehead atoms. The maximum Gasteiger partial charge on any atom is 0.220 e. The number of rotatable bonds is 13. The van der Waals surface area contributed by atoms with Crippen LogP contribution in [0, 0.1) is 0 Å². The molecule has 0 aliphatic heterocycles. The number of aliphatic carboxylic acids is 1. The Morgan fingerprint density at radius 2 is 1.37 bits per heavy atom. The Morgan fingerprint density at radius 1 is 0.842 bits per heavy atom. The number of carboxylic acids is 1. The van der Waals surface area contributed by atoms with Crippen LogP contribution in [0.1, 0.15) is 77.6 Å². The highest BCUT2D eigenvalue weighted by Gasteiger charge is 2.00. The van der Waals surface area contributed by atoms with Gasteiger partial charge in [0.15, 0.2) is 0 Å². The number of carboxylic acid groups (broad SMARTS) is 1. The fourth-order valence-corrected chi connectivity index (χ4v) is 1.99. The zero-order valence-corrected chi connectivity index (χ0v) is 12.2. The van der Waals surface area contributed by atoms with Crippen molar-refractivity contribution < 1.29 is 14.7 Å². The van der Waals surface area contributed by atoms with Crippen molar-refractivity contribution in [3.63, 3.8) is 0 Å². The van der Waals surface area contributed by atoms with Gasteiger partial charge in [0.2, 0.25) is 5.91 Å². The monoisotopic (exact) mass is 270 g/mol. The zero-order valence-electron chi connectivity index (χ0n) is 12.2. The average Bonchev–Trinajstić information content (AvgIpc) is 2.36. The van der Waals surface area contributed by atoms with Crippen molar-refractivity contribution in [2.45, 2.75) is 77.6 Å². The van der Waals surface area contributed by atoms with Crippen molar-refractivity contribution in [1.82, 2.24) is 5.32 Å². The molecule has 0 fully saturated rings. The molecule has 0 aromatic rings. The van der Waals surface area contributed by atoms with Crippen LogP contribution in [0.15, 0.2) is 0 Å². The van der Waals surface area contributed by atoms with E-state index in [0.717, 1.165) is 12.8 Å². The van der Waals surface area contributed by atoms with Gasteiger partial charge in [-0.25, -0.2) is 0 Å². The van der Waals surface area contributed by atoms with Crippen molar-refractivity contribution >= 4 is 11.9 Å². The van der Waals surface area contributed by atoms with Gasteiger partial charge in [-0.2, -0.15) is 0 Å². The first-order valence-corrected chi connectivity index (χ1v) is 7.63. The third-order valence-electron chi connectivity index (χ3n) is 3.16. The van der Waals surface area contributed by atoms with Gasteiger partial charge in [-0.15, -0.1) is 0 Å². The van der Waals surface area contributed by atoms with Gasteiger partial charge in [0, 0.05) is 25.4 Å². The Hall–Kier alpha value is -1.06. The lowest BCUT2D eigenvalue weighted by atomic mass is 10.1. The standard InChI is InChI=1S/C15H29NO3/c1-2-3-4-5-6-7-8-9-10-11-14(17)16-13-12-15(18)19/h2-13H2,1H3,(H,16,17)(H,18,19)/p-1. The molecule has 0 aliphatic carbocycles. The Kier molecular flexibility index (Phi) is 12.6. The summed E-state index contributed by atoms with van der Waals surface area (Å²) in [6, 6.07) is 0. The molecule has 0 unspecified atom stereocenters. The molecule has 4 heteroatoms. The number of hydrogen-bond donors (Lipinski definition) is 1. The molecule has 1 N–H and O–H groups in total. The van der Waals surface area contributed by atoms with E-state index in [9.17, 15) is 14.7 Å². The molecule has 0 rings (SSSR count). The van der Waals surface area contributed by atoms with Gasteiger partial charge in [-0.1, -0.05) is 58.3 Å². The van der Waals surface area contributed by atoms with E-state index in [2.05, 4.69) is 12.2 Å². The second-order valence-electron chi connectivity index (χ2n) is 5.05. The second kappa shape index (κ2) is 13.4. The normalized spacial score (nSPS) is 10.4. The largest absolute Gasteiger partial charge is 0.550 e. The van der Waals surface area contributed by atoms with Gasteiger partial charge < -0.3 is 15.2 Å². The van der Waals surface area contributed by atoms with E-state index in [0.29, 0.717) is 6.42 Å². The van der Waals surface area contributed by atoms with Crippen LogP contribution in [0.5, 0.6) is 0 Å². The first-order chi connectivity index (χ1) is 9.16. The van der Waals surface area contributed by atoms with Gasteiger partial charge in [0.1, 0.15) is 0 Å². The number of unbranched alkanes of at least 4 members (excludes halogenated alkanes) is 8. The lowest BCUT2D eigenvalue weighted by Gasteiger charge is -2.05. The third-order valence-corrected chi connectivity index (χ3v) is 3.16. The molecule has 4 nitrogen and oxygen atoms in total. The first-order valence-electron chi connectivity index (χ1n) is 7.63. The lowest BCUT2D eigenvalue weighted by Crippen LogP contribution is -2.30. The SMILES string of the molecule is CCCCCCCCCCCC(=O)NCCC(=O)[O-]. The molecule has 0 aromatic heterocycles. The van der Waals surface area contributed by atoms with Crippen molar-refractivity contribution in [3.05, 3.63) is 0 Å². The van der Waals surface area contributed by atoms with Crippen LogP contribution in [0.3, 0.4) is 0 Å². The molecule has 19 heavy (non-hydrogen) atoms. The second-order valence-corrected chi connectivity index (χ2v) is 5.05. The van der Waals surface area contributed by atoms with E-state index in [1.807, 2.05) is 0 Å². The van der Waals surface area contributed by atoms with Crippen molar-refractivity contribution in [1.29, 1.82) is 0 Å².